The van der Waals surface area contributed by atoms with Crippen LogP contribution >= 0.6 is 11.6 Å². The molecular formula is C12H10ClN2O3+. The molecular weight excluding hydrogens is 256 g/mol. The van der Waals surface area contributed by atoms with Gasteiger partial charge in [-0.25, -0.2) is 4.79 Å². The molecule has 5 nitrogen and oxygen atoms in total. The number of nitrogens with zero attached hydrogens (tertiary/aromatic N) is 2. The van der Waals surface area contributed by atoms with Crippen molar-refractivity contribution in [1.29, 1.82) is 5.39 Å². The number of aliphatic hydroxyl groups is 1. The Morgan fingerprint density at radius 1 is 1.50 bits per heavy atom. The van der Waals surface area contributed by atoms with Crippen LogP contribution in [0.1, 0.15) is 5.56 Å². The zero-order chi connectivity index (χ0) is 13.5. The first-order valence-electron chi connectivity index (χ1n) is 4.89. The first-order valence-corrected chi connectivity index (χ1v) is 5.27. The number of carbonyl (C=O) groups excluding carboxylic acids is 1. The minimum absolute atomic E-state index is 0.488. The van der Waals surface area contributed by atoms with Gasteiger partial charge in [0, 0.05) is 5.02 Å². The highest BCUT2D eigenvalue weighted by molar-refractivity contribution is 6.32. The fraction of sp³-hybridized carbons (Fsp3) is 0.0833. The second-order valence-electron chi connectivity index (χ2n) is 3.18. The molecule has 1 rings (SSSR count). The Kier molecular flexibility index (Phi) is 4.90. The number of halogens is 1. The molecule has 0 spiro atoms. The van der Waals surface area contributed by atoms with Gasteiger partial charge in [-0.1, -0.05) is 29.8 Å². The van der Waals surface area contributed by atoms with Gasteiger partial charge in [-0.3, -0.25) is 0 Å². The molecule has 0 fully saturated rings. The van der Waals surface area contributed by atoms with E-state index in [0.717, 1.165) is 7.11 Å². The molecule has 0 atom stereocenters. The summed E-state index contributed by atoms with van der Waals surface area (Å²) in [5, 5.41) is 18.6. The number of rotatable bonds is 3. The predicted octanol–water partition coefficient (Wildman–Crippen LogP) is 3.15. The van der Waals surface area contributed by atoms with Crippen LogP contribution in [0.2, 0.25) is 5.02 Å². The summed E-state index contributed by atoms with van der Waals surface area (Å²) < 4.78 is 4.33. The smallest absolute Gasteiger partial charge is 0.501 e. The van der Waals surface area contributed by atoms with Gasteiger partial charge in [0.05, 0.1) is 7.11 Å². The molecule has 0 unspecified atom stereocenters. The van der Waals surface area contributed by atoms with Crippen LogP contribution in [0.5, 0.6) is 0 Å². The molecule has 0 heterocycles. The lowest BCUT2D eigenvalue weighted by molar-refractivity contribution is -0.135. The number of ether oxygens (including phenoxy) is 1. The van der Waals surface area contributed by atoms with Crippen molar-refractivity contribution < 1.29 is 14.6 Å². The molecule has 0 amide bonds. The first kappa shape index (κ1) is 13.7. The summed E-state index contributed by atoms with van der Waals surface area (Å²) in [4.78, 5) is 13.8. The second-order valence-corrected chi connectivity index (χ2v) is 3.59. The highest BCUT2D eigenvalue weighted by Crippen LogP contribution is 2.17. The summed E-state index contributed by atoms with van der Waals surface area (Å²) in [6.45, 7) is 0. The SMILES string of the molecule is COC(=O)C([N+]#N)=C(O)/C=C/c1ccccc1Cl. The third-order valence-electron chi connectivity index (χ3n) is 2.05. The zero-order valence-corrected chi connectivity index (χ0v) is 10.3. The molecule has 0 aromatic heterocycles. The Morgan fingerprint density at radius 3 is 2.72 bits per heavy atom. The van der Waals surface area contributed by atoms with Crippen molar-refractivity contribution in [3.63, 3.8) is 0 Å². The van der Waals surface area contributed by atoms with Crippen molar-refractivity contribution in [2.24, 2.45) is 0 Å². The molecule has 92 valence electrons. The first-order chi connectivity index (χ1) is 8.60. The molecule has 6 heteroatoms. The van der Waals surface area contributed by atoms with E-state index in [-0.39, 0.29) is 0 Å². The van der Waals surface area contributed by atoms with E-state index in [1.54, 1.807) is 24.3 Å². The van der Waals surface area contributed by atoms with E-state index in [2.05, 4.69) is 9.71 Å². The average molecular weight is 266 g/mol. The number of diazo groups is 1. The van der Waals surface area contributed by atoms with Crippen LogP contribution in [0.25, 0.3) is 11.1 Å². The number of carbonyl (C=O) groups is 1. The molecule has 0 aliphatic heterocycles. The van der Waals surface area contributed by atoms with Crippen LogP contribution in [0.3, 0.4) is 0 Å². The van der Waals surface area contributed by atoms with Gasteiger partial charge in [-0.2, -0.15) is 0 Å². The third-order valence-corrected chi connectivity index (χ3v) is 2.39. The van der Waals surface area contributed by atoms with Crippen molar-refractivity contribution >= 4 is 23.6 Å². The van der Waals surface area contributed by atoms with Crippen LogP contribution in [-0.4, -0.2) is 18.2 Å². The topological polar surface area (TPSA) is 74.7 Å². The van der Waals surface area contributed by atoms with Crippen molar-refractivity contribution in [2.75, 3.05) is 7.11 Å². The van der Waals surface area contributed by atoms with Gasteiger partial charge in [0.15, 0.2) is 4.98 Å². The predicted molar refractivity (Wildman–Crippen MR) is 67.2 cm³/mol. The van der Waals surface area contributed by atoms with Gasteiger partial charge < -0.3 is 9.84 Å². The number of allylic oxidation sites excluding steroid dienone is 1. The fourth-order valence-electron chi connectivity index (χ4n) is 1.15. The van der Waals surface area contributed by atoms with E-state index in [1.165, 1.54) is 12.2 Å². The summed E-state index contributed by atoms with van der Waals surface area (Å²) in [7, 11) is 1.11. The minimum atomic E-state index is -0.946. The van der Waals surface area contributed by atoms with Crippen LogP contribution in [-0.2, 0) is 9.53 Å². The Bertz CT molecular complexity index is 559. The van der Waals surface area contributed by atoms with Crippen LogP contribution in [0, 0.1) is 5.39 Å². The maximum atomic E-state index is 11.1. The summed E-state index contributed by atoms with van der Waals surface area (Å²) in [5.74, 6) is -1.47. The number of methoxy groups -OCH3 is 1. The Morgan fingerprint density at radius 2 is 2.17 bits per heavy atom. The fourth-order valence-corrected chi connectivity index (χ4v) is 1.35. The van der Waals surface area contributed by atoms with Gasteiger partial charge >= 0.3 is 11.7 Å². The highest BCUT2D eigenvalue weighted by Gasteiger charge is 2.28. The number of hydrogen-bond donors (Lipinski definition) is 1. The summed E-state index contributed by atoms with van der Waals surface area (Å²) in [6.07, 6.45) is 2.67. The number of benzene rings is 1. The summed E-state index contributed by atoms with van der Waals surface area (Å²) >= 11 is 5.90. The van der Waals surface area contributed by atoms with Crippen molar-refractivity contribution in [1.82, 2.24) is 0 Å². The van der Waals surface area contributed by atoms with E-state index in [0.29, 0.717) is 10.6 Å². The molecule has 1 N–H and O–H groups in total. The van der Waals surface area contributed by atoms with Crippen molar-refractivity contribution in [3.05, 3.63) is 57.4 Å². The molecule has 0 aliphatic rings. The normalized spacial score (nSPS) is 11.8. The highest BCUT2D eigenvalue weighted by atomic mass is 35.5. The molecule has 18 heavy (non-hydrogen) atoms. The summed E-state index contributed by atoms with van der Waals surface area (Å²) in [5.41, 5.74) is 0.0636. The van der Waals surface area contributed by atoms with Gasteiger partial charge in [-0.15, -0.1) is 0 Å². The van der Waals surface area contributed by atoms with Crippen LogP contribution in [0.4, 0.5) is 0 Å². The molecule has 0 aliphatic carbocycles. The van der Waals surface area contributed by atoms with E-state index in [9.17, 15) is 9.90 Å². The molecule has 0 saturated heterocycles. The summed E-state index contributed by atoms with van der Waals surface area (Å²) in [6, 6.07) is 6.93. The Balaban J connectivity index is 3.04. The maximum absolute atomic E-state index is 11.1. The molecule has 1 aromatic carbocycles. The lowest BCUT2D eigenvalue weighted by Gasteiger charge is -1.95. The van der Waals surface area contributed by atoms with Gasteiger partial charge in [0.1, 0.15) is 0 Å². The molecule has 0 radical (unpaired) electrons. The number of aliphatic hydroxyl groups excluding tert-OH is 1. The lowest BCUT2D eigenvalue weighted by Crippen LogP contribution is -2.03. The van der Waals surface area contributed by atoms with Gasteiger partial charge in [0.25, 0.3) is 0 Å². The lowest BCUT2D eigenvalue weighted by atomic mass is 10.2. The number of hydrogen-bond acceptors (Lipinski definition) is 4. The Labute approximate surface area is 109 Å². The van der Waals surface area contributed by atoms with Crippen molar-refractivity contribution in [2.45, 2.75) is 0 Å². The standard InChI is InChI=1S/C12H9ClN2O3/c1-18-12(17)11(15-14)10(16)7-6-8-4-2-3-5-9(8)13/h2-7H,1H3/p+1/b7-6+. The quantitative estimate of drug-likeness (QED) is 0.299. The monoisotopic (exact) mass is 265 g/mol. The van der Waals surface area contributed by atoms with E-state index >= 15 is 0 Å². The van der Waals surface area contributed by atoms with E-state index in [1.807, 2.05) is 0 Å². The molecule has 1 aromatic rings. The van der Waals surface area contributed by atoms with Crippen LogP contribution in [0.15, 0.2) is 41.8 Å². The second kappa shape index (κ2) is 6.42. The average Bonchev–Trinajstić information content (AvgIpc) is 2.38. The van der Waals surface area contributed by atoms with Crippen LogP contribution < -0.4 is 0 Å². The number of esters is 1. The van der Waals surface area contributed by atoms with E-state index in [4.69, 9.17) is 17.0 Å². The van der Waals surface area contributed by atoms with Gasteiger partial charge in [0.2, 0.25) is 11.2 Å². The molecule has 0 saturated carbocycles. The minimum Gasteiger partial charge on any atom is -0.501 e. The molecule has 0 bridgehead atoms. The third kappa shape index (κ3) is 3.34. The maximum Gasteiger partial charge on any atom is 0.509 e. The largest absolute Gasteiger partial charge is 0.509 e. The van der Waals surface area contributed by atoms with Gasteiger partial charge in [-0.05, 0) is 23.8 Å². The zero-order valence-electron chi connectivity index (χ0n) is 9.50. The van der Waals surface area contributed by atoms with E-state index < -0.39 is 17.4 Å². The van der Waals surface area contributed by atoms with Crippen molar-refractivity contribution in [3.8, 4) is 0 Å². The Hall–Kier alpha value is -2.32.